The standard InChI is InChI=1S/C11H20N2O/c1-9-5-2-3-8-13(9)11(14)10-6-4-7-12-10/h9-10,12H,2-8H2,1H3/t9-,10-/m1/s1. The topological polar surface area (TPSA) is 32.3 Å². The second-order valence-electron chi connectivity index (χ2n) is 4.53. The van der Waals surface area contributed by atoms with E-state index in [2.05, 4.69) is 17.1 Å². The van der Waals surface area contributed by atoms with Crippen LogP contribution in [0.3, 0.4) is 0 Å². The Morgan fingerprint density at radius 3 is 2.79 bits per heavy atom. The average Bonchev–Trinajstić information content (AvgIpc) is 2.70. The van der Waals surface area contributed by atoms with Crippen molar-refractivity contribution < 1.29 is 4.79 Å². The number of nitrogens with one attached hydrogen (secondary N) is 1. The molecule has 2 aliphatic heterocycles. The van der Waals surface area contributed by atoms with Gasteiger partial charge in [0.2, 0.25) is 5.91 Å². The molecule has 0 aromatic heterocycles. The maximum absolute atomic E-state index is 12.1. The lowest BCUT2D eigenvalue weighted by Crippen LogP contribution is -2.49. The maximum Gasteiger partial charge on any atom is 0.239 e. The highest BCUT2D eigenvalue weighted by atomic mass is 16.2. The van der Waals surface area contributed by atoms with E-state index in [1.54, 1.807) is 0 Å². The summed E-state index contributed by atoms with van der Waals surface area (Å²) in [6.45, 7) is 4.16. The van der Waals surface area contributed by atoms with Crippen LogP contribution in [-0.4, -0.2) is 36.0 Å². The van der Waals surface area contributed by atoms with Crippen molar-refractivity contribution in [3.05, 3.63) is 0 Å². The van der Waals surface area contributed by atoms with Crippen LogP contribution >= 0.6 is 0 Å². The molecule has 1 N–H and O–H groups in total. The number of likely N-dealkylation sites (tertiary alicyclic amines) is 1. The minimum absolute atomic E-state index is 0.121. The zero-order chi connectivity index (χ0) is 9.97. The molecule has 14 heavy (non-hydrogen) atoms. The lowest BCUT2D eigenvalue weighted by molar-refractivity contribution is -0.136. The number of rotatable bonds is 1. The Morgan fingerprint density at radius 2 is 2.14 bits per heavy atom. The number of hydrogen-bond donors (Lipinski definition) is 1. The molecule has 0 radical (unpaired) electrons. The summed E-state index contributed by atoms with van der Waals surface area (Å²) in [6.07, 6.45) is 5.82. The third-order valence-corrected chi connectivity index (χ3v) is 3.44. The van der Waals surface area contributed by atoms with Crippen LogP contribution in [0.5, 0.6) is 0 Å². The minimum Gasteiger partial charge on any atom is -0.339 e. The summed E-state index contributed by atoms with van der Waals surface area (Å²) in [6, 6.07) is 0.578. The van der Waals surface area contributed by atoms with Crippen molar-refractivity contribution in [3.8, 4) is 0 Å². The minimum atomic E-state index is 0.121. The van der Waals surface area contributed by atoms with Gasteiger partial charge in [0, 0.05) is 12.6 Å². The summed E-state index contributed by atoms with van der Waals surface area (Å²) >= 11 is 0. The van der Waals surface area contributed by atoms with E-state index >= 15 is 0 Å². The van der Waals surface area contributed by atoms with E-state index < -0.39 is 0 Å². The Labute approximate surface area is 85.8 Å². The van der Waals surface area contributed by atoms with Gasteiger partial charge in [0.15, 0.2) is 0 Å². The molecule has 0 aromatic rings. The van der Waals surface area contributed by atoms with Crippen LogP contribution in [0.15, 0.2) is 0 Å². The lowest BCUT2D eigenvalue weighted by atomic mass is 10.0. The number of carbonyl (C=O) groups excluding carboxylic acids is 1. The molecular weight excluding hydrogens is 176 g/mol. The van der Waals surface area contributed by atoms with Crippen molar-refractivity contribution in [2.45, 2.75) is 51.1 Å². The lowest BCUT2D eigenvalue weighted by Gasteiger charge is -2.35. The molecule has 0 unspecified atom stereocenters. The molecule has 2 fully saturated rings. The van der Waals surface area contributed by atoms with Crippen molar-refractivity contribution in [3.63, 3.8) is 0 Å². The predicted octanol–water partition coefficient (Wildman–Crippen LogP) is 1.14. The van der Waals surface area contributed by atoms with E-state index in [1.807, 2.05) is 0 Å². The first kappa shape index (κ1) is 9.97. The number of amides is 1. The molecule has 80 valence electrons. The molecule has 2 aliphatic rings. The molecular formula is C11H20N2O. The molecule has 3 heteroatoms. The Bertz CT molecular complexity index is 211. The second kappa shape index (κ2) is 4.30. The zero-order valence-corrected chi connectivity index (χ0v) is 8.96. The van der Waals surface area contributed by atoms with Gasteiger partial charge in [0.25, 0.3) is 0 Å². The zero-order valence-electron chi connectivity index (χ0n) is 8.96. The third-order valence-electron chi connectivity index (χ3n) is 3.44. The van der Waals surface area contributed by atoms with E-state index in [4.69, 9.17) is 0 Å². The Kier molecular flexibility index (Phi) is 3.06. The Hall–Kier alpha value is -0.570. The fourth-order valence-corrected chi connectivity index (χ4v) is 2.52. The van der Waals surface area contributed by atoms with E-state index in [-0.39, 0.29) is 6.04 Å². The van der Waals surface area contributed by atoms with Gasteiger partial charge in [-0.15, -0.1) is 0 Å². The Morgan fingerprint density at radius 1 is 1.29 bits per heavy atom. The Balaban J connectivity index is 1.94. The van der Waals surface area contributed by atoms with Crippen molar-refractivity contribution in [2.24, 2.45) is 0 Å². The van der Waals surface area contributed by atoms with E-state index in [0.29, 0.717) is 11.9 Å². The summed E-state index contributed by atoms with van der Waals surface area (Å²) in [5.74, 6) is 0.342. The highest BCUT2D eigenvalue weighted by molar-refractivity contribution is 5.82. The summed E-state index contributed by atoms with van der Waals surface area (Å²) in [4.78, 5) is 14.2. The molecule has 0 aromatic carbocycles. The van der Waals surface area contributed by atoms with Gasteiger partial charge in [-0.05, 0) is 45.6 Å². The molecule has 2 atom stereocenters. The van der Waals surface area contributed by atoms with Crippen LogP contribution < -0.4 is 5.32 Å². The molecule has 0 spiro atoms. The number of piperidine rings is 1. The first-order chi connectivity index (χ1) is 6.79. The van der Waals surface area contributed by atoms with Crippen LogP contribution in [0.25, 0.3) is 0 Å². The van der Waals surface area contributed by atoms with Crippen LogP contribution in [-0.2, 0) is 4.79 Å². The SMILES string of the molecule is C[C@@H]1CCCCN1C(=O)[C@H]1CCCN1. The monoisotopic (exact) mass is 196 g/mol. The van der Waals surface area contributed by atoms with E-state index in [9.17, 15) is 4.79 Å². The van der Waals surface area contributed by atoms with E-state index in [1.165, 1.54) is 19.3 Å². The maximum atomic E-state index is 12.1. The van der Waals surface area contributed by atoms with Crippen LogP contribution in [0, 0.1) is 0 Å². The molecule has 3 nitrogen and oxygen atoms in total. The van der Waals surface area contributed by atoms with Gasteiger partial charge in [-0.2, -0.15) is 0 Å². The predicted molar refractivity (Wildman–Crippen MR) is 56.1 cm³/mol. The highest BCUT2D eigenvalue weighted by Crippen LogP contribution is 2.19. The average molecular weight is 196 g/mol. The fraction of sp³-hybridized carbons (Fsp3) is 0.909. The summed E-state index contributed by atoms with van der Waals surface area (Å²) in [5.41, 5.74) is 0. The molecule has 2 rings (SSSR count). The van der Waals surface area contributed by atoms with Crippen LogP contribution in [0.4, 0.5) is 0 Å². The highest BCUT2D eigenvalue weighted by Gasteiger charge is 2.30. The molecule has 2 saturated heterocycles. The second-order valence-corrected chi connectivity index (χ2v) is 4.53. The smallest absolute Gasteiger partial charge is 0.239 e. The number of carbonyl (C=O) groups is 1. The summed E-state index contributed by atoms with van der Waals surface area (Å²) < 4.78 is 0. The fourth-order valence-electron chi connectivity index (χ4n) is 2.52. The molecule has 0 saturated carbocycles. The van der Waals surface area contributed by atoms with Gasteiger partial charge in [-0.3, -0.25) is 4.79 Å². The van der Waals surface area contributed by atoms with Crippen molar-refractivity contribution in [1.29, 1.82) is 0 Å². The van der Waals surface area contributed by atoms with Crippen molar-refractivity contribution >= 4 is 5.91 Å². The molecule has 0 bridgehead atoms. The number of hydrogen-bond acceptors (Lipinski definition) is 2. The van der Waals surface area contributed by atoms with Crippen LogP contribution in [0.2, 0.25) is 0 Å². The first-order valence-electron chi connectivity index (χ1n) is 5.83. The summed E-state index contributed by atoms with van der Waals surface area (Å²) in [5, 5.41) is 3.28. The molecule has 0 aliphatic carbocycles. The number of nitrogens with zero attached hydrogens (tertiary/aromatic N) is 1. The summed E-state index contributed by atoms with van der Waals surface area (Å²) in [7, 11) is 0. The quantitative estimate of drug-likeness (QED) is 0.682. The van der Waals surface area contributed by atoms with Crippen LogP contribution in [0.1, 0.15) is 39.0 Å². The van der Waals surface area contributed by atoms with Crippen molar-refractivity contribution in [2.75, 3.05) is 13.1 Å². The van der Waals surface area contributed by atoms with Gasteiger partial charge < -0.3 is 10.2 Å². The van der Waals surface area contributed by atoms with Gasteiger partial charge in [0.1, 0.15) is 0 Å². The van der Waals surface area contributed by atoms with Gasteiger partial charge >= 0.3 is 0 Å². The third kappa shape index (κ3) is 1.92. The van der Waals surface area contributed by atoms with E-state index in [0.717, 1.165) is 25.9 Å². The normalized spacial score (nSPS) is 33.4. The molecule has 2 heterocycles. The first-order valence-corrected chi connectivity index (χ1v) is 5.83. The molecule has 1 amide bonds. The van der Waals surface area contributed by atoms with Gasteiger partial charge in [-0.25, -0.2) is 0 Å². The van der Waals surface area contributed by atoms with Crippen molar-refractivity contribution in [1.82, 2.24) is 10.2 Å². The van der Waals surface area contributed by atoms with Gasteiger partial charge in [-0.1, -0.05) is 0 Å². The van der Waals surface area contributed by atoms with Gasteiger partial charge in [0.05, 0.1) is 6.04 Å². The largest absolute Gasteiger partial charge is 0.339 e.